The number of aromatic nitrogens is 1. The van der Waals surface area contributed by atoms with Crippen molar-refractivity contribution in [2.24, 2.45) is 0 Å². The van der Waals surface area contributed by atoms with Crippen LogP contribution in [0.4, 0.5) is 4.39 Å². The number of Topliss-reactive ketones (excluding diaryl/α,β-unsaturated/α-hetero) is 1. The molecule has 94 valence electrons. The fourth-order valence-corrected chi connectivity index (χ4v) is 1.83. The maximum atomic E-state index is 13.9. The molecule has 4 heteroatoms. The molecule has 19 heavy (non-hydrogen) atoms. The van der Waals surface area contributed by atoms with Gasteiger partial charge in [0, 0.05) is 12.4 Å². The quantitative estimate of drug-likeness (QED) is 0.791. The number of nitriles is 1. The lowest BCUT2D eigenvalue weighted by Gasteiger charge is -2.10. The monoisotopic (exact) mass is 254 g/mol. The molecule has 0 bridgehead atoms. The third-order valence-electron chi connectivity index (χ3n) is 2.89. The second kappa shape index (κ2) is 5.40. The molecule has 0 saturated heterocycles. The van der Waals surface area contributed by atoms with Crippen molar-refractivity contribution in [3.8, 4) is 6.07 Å². The van der Waals surface area contributed by atoms with E-state index in [0.717, 1.165) is 0 Å². The molecule has 3 nitrogen and oxygen atoms in total. The van der Waals surface area contributed by atoms with Crippen molar-refractivity contribution in [1.29, 1.82) is 5.26 Å². The van der Waals surface area contributed by atoms with Crippen molar-refractivity contribution in [3.05, 3.63) is 65.2 Å². The Balaban J connectivity index is 2.43. The van der Waals surface area contributed by atoms with E-state index < -0.39 is 17.5 Å². The standard InChI is InChI=1S/C15H11FN2O/c1-10-3-2-4-12(14(10)16)15(19)13(9-17)11-5-7-18-8-6-11/h2-8,13H,1H3. The first-order valence-electron chi connectivity index (χ1n) is 5.74. The Labute approximate surface area is 110 Å². The average Bonchev–Trinajstić information content (AvgIpc) is 2.44. The van der Waals surface area contributed by atoms with Crippen LogP contribution in [0.3, 0.4) is 0 Å². The Morgan fingerprint density at radius 2 is 2.00 bits per heavy atom. The van der Waals surface area contributed by atoms with Gasteiger partial charge in [-0.25, -0.2) is 4.39 Å². The summed E-state index contributed by atoms with van der Waals surface area (Å²) >= 11 is 0. The van der Waals surface area contributed by atoms with Crippen molar-refractivity contribution in [1.82, 2.24) is 4.98 Å². The zero-order valence-electron chi connectivity index (χ0n) is 10.3. The molecular formula is C15H11FN2O. The van der Waals surface area contributed by atoms with E-state index in [1.165, 1.54) is 18.5 Å². The van der Waals surface area contributed by atoms with Crippen molar-refractivity contribution < 1.29 is 9.18 Å². The summed E-state index contributed by atoms with van der Waals surface area (Å²) in [4.78, 5) is 16.1. The molecule has 2 rings (SSSR count). The van der Waals surface area contributed by atoms with E-state index in [9.17, 15) is 9.18 Å². The Morgan fingerprint density at radius 3 is 2.63 bits per heavy atom. The molecule has 0 spiro atoms. The predicted octanol–water partition coefficient (Wildman–Crippen LogP) is 3.02. The maximum Gasteiger partial charge on any atom is 0.187 e. The van der Waals surface area contributed by atoms with Gasteiger partial charge in [0.25, 0.3) is 0 Å². The summed E-state index contributed by atoms with van der Waals surface area (Å²) in [7, 11) is 0. The van der Waals surface area contributed by atoms with Crippen LogP contribution in [0.5, 0.6) is 0 Å². The summed E-state index contributed by atoms with van der Waals surface area (Å²) in [6.45, 7) is 1.58. The zero-order chi connectivity index (χ0) is 13.8. The Bertz CT molecular complexity index is 647. The number of hydrogen-bond acceptors (Lipinski definition) is 3. The van der Waals surface area contributed by atoms with Gasteiger partial charge < -0.3 is 0 Å². The summed E-state index contributed by atoms with van der Waals surface area (Å²) in [5, 5.41) is 9.16. The van der Waals surface area contributed by atoms with Gasteiger partial charge >= 0.3 is 0 Å². The highest BCUT2D eigenvalue weighted by Crippen LogP contribution is 2.22. The topological polar surface area (TPSA) is 53.8 Å². The number of hydrogen-bond donors (Lipinski definition) is 0. The SMILES string of the molecule is Cc1cccc(C(=O)C(C#N)c2ccncc2)c1F. The molecule has 0 amide bonds. The van der Waals surface area contributed by atoms with Crippen LogP contribution < -0.4 is 0 Å². The first-order valence-corrected chi connectivity index (χ1v) is 5.74. The summed E-state index contributed by atoms with van der Waals surface area (Å²) < 4.78 is 13.9. The third-order valence-corrected chi connectivity index (χ3v) is 2.89. The second-order valence-electron chi connectivity index (χ2n) is 4.14. The van der Waals surface area contributed by atoms with E-state index in [-0.39, 0.29) is 5.56 Å². The molecule has 0 N–H and O–H groups in total. The van der Waals surface area contributed by atoms with Gasteiger partial charge in [0.2, 0.25) is 0 Å². The minimum atomic E-state index is -1.01. The Kier molecular flexibility index (Phi) is 3.67. The molecule has 0 radical (unpaired) electrons. The number of nitrogens with zero attached hydrogens (tertiary/aromatic N) is 2. The van der Waals surface area contributed by atoms with Gasteiger partial charge in [-0.3, -0.25) is 9.78 Å². The van der Waals surface area contributed by atoms with Gasteiger partial charge in [0.05, 0.1) is 11.6 Å². The highest BCUT2D eigenvalue weighted by molar-refractivity contribution is 6.03. The third kappa shape index (κ3) is 2.50. The first-order chi connectivity index (χ1) is 9.15. The van der Waals surface area contributed by atoms with Crippen LogP contribution in [0, 0.1) is 24.1 Å². The van der Waals surface area contributed by atoms with E-state index in [0.29, 0.717) is 11.1 Å². The minimum absolute atomic E-state index is 0.0524. The molecule has 0 aliphatic rings. The van der Waals surface area contributed by atoms with Gasteiger partial charge in [-0.1, -0.05) is 12.1 Å². The normalized spacial score (nSPS) is 11.6. The van der Waals surface area contributed by atoms with Crippen molar-refractivity contribution in [3.63, 3.8) is 0 Å². The summed E-state index contributed by atoms with van der Waals surface area (Å²) in [6.07, 6.45) is 3.00. The highest BCUT2D eigenvalue weighted by atomic mass is 19.1. The second-order valence-corrected chi connectivity index (χ2v) is 4.14. The number of carbonyl (C=O) groups is 1. The van der Waals surface area contributed by atoms with Crippen LogP contribution >= 0.6 is 0 Å². The van der Waals surface area contributed by atoms with Crippen molar-refractivity contribution in [2.45, 2.75) is 12.8 Å². The molecule has 2 aromatic rings. The first kappa shape index (κ1) is 12.9. The van der Waals surface area contributed by atoms with Crippen LogP contribution in [0.2, 0.25) is 0 Å². The lowest BCUT2D eigenvalue weighted by Crippen LogP contribution is -2.13. The summed E-state index contributed by atoms with van der Waals surface area (Å²) in [5.41, 5.74) is 0.851. The fraction of sp³-hybridized carbons (Fsp3) is 0.133. The van der Waals surface area contributed by atoms with Gasteiger partial charge in [0.1, 0.15) is 11.7 Å². The average molecular weight is 254 g/mol. The minimum Gasteiger partial charge on any atom is -0.292 e. The van der Waals surface area contributed by atoms with Gasteiger partial charge in [-0.15, -0.1) is 0 Å². The number of benzene rings is 1. The van der Waals surface area contributed by atoms with Crippen LogP contribution in [-0.2, 0) is 0 Å². The van der Waals surface area contributed by atoms with Crippen LogP contribution in [-0.4, -0.2) is 10.8 Å². The molecule has 0 fully saturated rings. The number of halogens is 1. The summed E-state index contributed by atoms with van der Waals surface area (Å²) in [6, 6.07) is 9.67. The molecule has 1 heterocycles. The lowest BCUT2D eigenvalue weighted by molar-refractivity contribution is 0.0975. The van der Waals surface area contributed by atoms with E-state index in [2.05, 4.69) is 4.98 Å². The van der Waals surface area contributed by atoms with E-state index >= 15 is 0 Å². The lowest BCUT2D eigenvalue weighted by atomic mass is 9.91. The number of carbonyl (C=O) groups excluding carboxylic acids is 1. The molecule has 0 saturated carbocycles. The predicted molar refractivity (Wildman–Crippen MR) is 68.1 cm³/mol. The van der Waals surface area contributed by atoms with Crippen LogP contribution in [0.15, 0.2) is 42.7 Å². The van der Waals surface area contributed by atoms with Gasteiger partial charge in [-0.05, 0) is 36.2 Å². The molecule has 1 aromatic carbocycles. The van der Waals surface area contributed by atoms with E-state index in [1.807, 2.05) is 6.07 Å². The largest absolute Gasteiger partial charge is 0.292 e. The Morgan fingerprint density at radius 1 is 1.32 bits per heavy atom. The number of rotatable bonds is 3. The molecule has 0 aliphatic carbocycles. The molecule has 0 aliphatic heterocycles. The van der Waals surface area contributed by atoms with Crippen LogP contribution in [0.1, 0.15) is 27.4 Å². The molecule has 1 atom stereocenters. The number of ketones is 1. The smallest absolute Gasteiger partial charge is 0.187 e. The zero-order valence-corrected chi connectivity index (χ0v) is 10.3. The van der Waals surface area contributed by atoms with E-state index in [1.54, 1.807) is 31.2 Å². The Hall–Kier alpha value is -2.54. The molecule has 1 unspecified atom stereocenters. The maximum absolute atomic E-state index is 13.9. The van der Waals surface area contributed by atoms with E-state index in [4.69, 9.17) is 5.26 Å². The molecular weight excluding hydrogens is 243 g/mol. The highest BCUT2D eigenvalue weighted by Gasteiger charge is 2.24. The fourth-order valence-electron chi connectivity index (χ4n) is 1.83. The van der Waals surface area contributed by atoms with Gasteiger partial charge in [-0.2, -0.15) is 5.26 Å². The van der Waals surface area contributed by atoms with Gasteiger partial charge in [0.15, 0.2) is 5.78 Å². The molecule has 1 aromatic heterocycles. The number of aryl methyl sites for hydroxylation is 1. The summed E-state index contributed by atoms with van der Waals surface area (Å²) in [5.74, 6) is -2.11. The van der Waals surface area contributed by atoms with Crippen molar-refractivity contribution >= 4 is 5.78 Å². The number of pyridine rings is 1. The van der Waals surface area contributed by atoms with Crippen LogP contribution in [0.25, 0.3) is 0 Å². The van der Waals surface area contributed by atoms with Crippen molar-refractivity contribution in [2.75, 3.05) is 0 Å².